The highest BCUT2D eigenvalue weighted by atomic mass is 16.3. The predicted molar refractivity (Wildman–Crippen MR) is 65.5 cm³/mol. The Bertz CT molecular complexity index is 406. The average molecular weight is 234 g/mol. The number of aliphatic hydroxyl groups is 1. The number of carbonyl (C=O) groups is 1. The van der Waals surface area contributed by atoms with Crippen LogP contribution in [0.3, 0.4) is 0 Å². The standard InChI is InChI=1S/C13H18N2O2/c14-8-10-3-1-4-11(7-10)13(17)15-6-2-5-12(16)9-15/h1,3-4,7,12,16H,2,5-6,8-9,14H2. The van der Waals surface area contributed by atoms with Gasteiger partial charge in [-0.1, -0.05) is 12.1 Å². The summed E-state index contributed by atoms with van der Waals surface area (Å²) >= 11 is 0. The molecule has 1 fully saturated rings. The van der Waals surface area contributed by atoms with Gasteiger partial charge in [0, 0.05) is 25.2 Å². The highest BCUT2D eigenvalue weighted by Crippen LogP contribution is 2.14. The molecule has 4 nitrogen and oxygen atoms in total. The monoisotopic (exact) mass is 234 g/mol. The SMILES string of the molecule is NCc1cccc(C(=O)N2CCCC(O)C2)c1. The lowest BCUT2D eigenvalue weighted by molar-refractivity contribution is 0.0473. The molecule has 17 heavy (non-hydrogen) atoms. The number of benzene rings is 1. The molecular formula is C13H18N2O2. The van der Waals surface area contributed by atoms with Gasteiger partial charge in [0.15, 0.2) is 0 Å². The molecule has 0 saturated carbocycles. The molecule has 1 atom stereocenters. The molecule has 1 heterocycles. The summed E-state index contributed by atoms with van der Waals surface area (Å²) in [4.78, 5) is 13.9. The quantitative estimate of drug-likeness (QED) is 0.793. The van der Waals surface area contributed by atoms with Crippen LogP contribution in [0, 0.1) is 0 Å². The second kappa shape index (κ2) is 5.29. The van der Waals surface area contributed by atoms with Crippen LogP contribution in [0.5, 0.6) is 0 Å². The van der Waals surface area contributed by atoms with Crippen LogP contribution in [-0.2, 0) is 6.54 Å². The molecule has 0 spiro atoms. The number of aliphatic hydroxyl groups excluding tert-OH is 1. The number of nitrogens with two attached hydrogens (primary N) is 1. The zero-order chi connectivity index (χ0) is 12.3. The largest absolute Gasteiger partial charge is 0.391 e. The Morgan fingerprint density at radius 2 is 2.35 bits per heavy atom. The Labute approximate surface area is 101 Å². The van der Waals surface area contributed by atoms with E-state index in [0.29, 0.717) is 18.7 Å². The molecule has 1 aromatic rings. The first kappa shape index (κ1) is 12.1. The van der Waals surface area contributed by atoms with Crippen LogP contribution >= 0.6 is 0 Å². The maximum Gasteiger partial charge on any atom is 0.253 e. The van der Waals surface area contributed by atoms with Gasteiger partial charge in [-0.05, 0) is 30.5 Å². The van der Waals surface area contributed by atoms with E-state index in [2.05, 4.69) is 0 Å². The molecule has 1 aliphatic rings. The summed E-state index contributed by atoms with van der Waals surface area (Å²) in [5.74, 6) is -0.0148. The summed E-state index contributed by atoms with van der Waals surface area (Å²) in [7, 11) is 0. The van der Waals surface area contributed by atoms with E-state index in [1.807, 2.05) is 18.2 Å². The molecule has 1 aromatic carbocycles. The highest BCUT2D eigenvalue weighted by molar-refractivity contribution is 5.94. The predicted octanol–water partition coefficient (Wildman–Crippen LogP) is 0.742. The molecule has 0 aliphatic carbocycles. The highest BCUT2D eigenvalue weighted by Gasteiger charge is 2.22. The van der Waals surface area contributed by atoms with Gasteiger partial charge in [0.2, 0.25) is 0 Å². The normalized spacial score (nSPS) is 20.4. The summed E-state index contributed by atoms with van der Waals surface area (Å²) in [6.07, 6.45) is 1.27. The molecule has 1 aliphatic heterocycles. The molecular weight excluding hydrogens is 216 g/mol. The van der Waals surface area contributed by atoms with Crippen LogP contribution in [-0.4, -0.2) is 35.1 Å². The minimum atomic E-state index is -0.384. The molecule has 0 radical (unpaired) electrons. The van der Waals surface area contributed by atoms with Crippen molar-refractivity contribution in [2.24, 2.45) is 5.73 Å². The maximum atomic E-state index is 12.2. The van der Waals surface area contributed by atoms with Crippen LogP contribution in [0.4, 0.5) is 0 Å². The van der Waals surface area contributed by atoms with E-state index >= 15 is 0 Å². The van der Waals surface area contributed by atoms with Crippen molar-refractivity contribution >= 4 is 5.91 Å². The van der Waals surface area contributed by atoms with Crippen molar-refractivity contribution in [1.29, 1.82) is 0 Å². The van der Waals surface area contributed by atoms with E-state index in [1.165, 1.54) is 0 Å². The van der Waals surface area contributed by atoms with Crippen LogP contribution < -0.4 is 5.73 Å². The van der Waals surface area contributed by atoms with E-state index < -0.39 is 0 Å². The first-order chi connectivity index (χ1) is 8.20. The number of β-amino-alcohol motifs (C(OH)–C–C–N with tert-alkyl or cyclic N) is 1. The number of hydrogen-bond donors (Lipinski definition) is 2. The van der Waals surface area contributed by atoms with Crippen LogP contribution in [0.25, 0.3) is 0 Å². The van der Waals surface area contributed by atoms with E-state index in [0.717, 1.165) is 24.9 Å². The zero-order valence-corrected chi connectivity index (χ0v) is 9.80. The van der Waals surface area contributed by atoms with Crippen molar-refractivity contribution in [2.75, 3.05) is 13.1 Å². The summed E-state index contributed by atoms with van der Waals surface area (Å²) in [6.45, 7) is 1.60. The van der Waals surface area contributed by atoms with Crippen LogP contribution in [0.15, 0.2) is 24.3 Å². The van der Waals surface area contributed by atoms with Gasteiger partial charge in [-0.3, -0.25) is 4.79 Å². The van der Waals surface area contributed by atoms with E-state index in [-0.39, 0.29) is 12.0 Å². The van der Waals surface area contributed by atoms with Crippen molar-refractivity contribution < 1.29 is 9.90 Å². The topological polar surface area (TPSA) is 66.6 Å². The van der Waals surface area contributed by atoms with Crippen molar-refractivity contribution in [3.8, 4) is 0 Å². The van der Waals surface area contributed by atoms with Gasteiger partial charge in [0.05, 0.1) is 6.10 Å². The van der Waals surface area contributed by atoms with Gasteiger partial charge in [-0.25, -0.2) is 0 Å². The third-order valence-electron chi connectivity index (χ3n) is 3.09. The zero-order valence-electron chi connectivity index (χ0n) is 9.80. The average Bonchev–Trinajstić information content (AvgIpc) is 2.38. The number of likely N-dealkylation sites (tertiary alicyclic amines) is 1. The lowest BCUT2D eigenvalue weighted by Gasteiger charge is -2.30. The third kappa shape index (κ3) is 2.84. The number of piperidine rings is 1. The van der Waals surface area contributed by atoms with Crippen LogP contribution in [0.2, 0.25) is 0 Å². The van der Waals surface area contributed by atoms with Crippen LogP contribution in [0.1, 0.15) is 28.8 Å². The third-order valence-corrected chi connectivity index (χ3v) is 3.09. The Kier molecular flexibility index (Phi) is 3.76. The van der Waals surface area contributed by atoms with Gasteiger partial charge in [-0.2, -0.15) is 0 Å². The van der Waals surface area contributed by atoms with Gasteiger partial charge < -0.3 is 15.7 Å². The second-order valence-electron chi connectivity index (χ2n) is 4.45. The summed E-state index contributed by atoms with van der Waals surface area (Å²) in [5.41, 5.74) is 7.16. The lowest BCUT2D eigenvalue weighted by Crippen LogP contribution is -2.42. The Hall–Kier alpha value is -1.39. The first-order valence-corrected chi connectivity index (χ1v) is 5.97. The Morgan fingerprint density at radius 3 is 3.06 bits per heavy atom. The number of amides is 1. The molecule has 2 rings (SSSR count). The molecule has 1 unspecified atom stereocenters. The minimum absolute atomic E-state index is 0.0148. The number of carbonyl (C=O) groups excluding carboxylic acids is 1. The second-order valence-corrected chi connectivity index (χ2v) is 4.45. The fourth-order valence-electron chi connectivity index (χ4n) is 2.15. The van der Waals surface area contributed by atoms with Gasteiger partial charge in [0.25, 0.3) is 5.91 Å². The van der Waals surface area contributed by atoms with E-state index in [4.69, 9.17) is 5.73 Å². The van der Waals surface area contributed by atoms with Gasteiger partial charge in [0.1, 0.15) is 0 Å². The summed E-state index contributed by atoms with van der Waals surface area (Å²) in [6, 6.07) is 7.36. The molecule has 1 saturated heterocycles. The molecule has 92 valence electrons. The summed E-state index contributed by atoms with van der Waals surface area (Å²) < 4.78 is 0. The Balaban J connectivity index is 2.12. The van der Waals surface area contributed by atoms with Crippen molar-refractivity contribution in [3.05, 3.63) is 35.4 Å². The van der Waals surface area contributed by atoms with Gasteiger partial charge in [-0.15, -0.1) is 0 Å². The number of rotatable bonds is 2. The van der Waals surface area contributed by atoms with Crippen molar-refractivity contribution in [3.63, 3.8) is 0 Å². The van der Waals surface area contributed by atoms with E-state index in [1.54, 1.807) is 11.0 Å². The molecule has 1 amide bonds. The fraction of sp³-hybridized carbons (Fsp3) is 0.462. The molecule has 3 N–H and O–H groups in total. The van der Waals surface area contributed by atoms with Crippen molar-refractivity contribution in [1.82, 2.24) is 4.90 Å². The maximum absolute atomic E-state index is 12.2. The molecule has 0 aromatic heterocycles. The lowest BCUT2D eigenvalue weighted by atomic mass is 10.1. The minimum Gasteiger partial charge on any atom is -0.391 e. The Morgan fingerprint density at radius 1 is 1.53 bits per heavy atom. The smallest absolute Gasteiger partial charge is 0.253 e. The van der Waals surface area contributed by atoms with Gasteiger partial charge >= 0.3 is 0 Å². The fourth-order valence-corrected chi connectivity index (χ4v) is 2.15. The van der Waals surface area contributed by atoms with E-state index in [9.17, 15) is 9.90 Å². The molecule has 4 heteroatoms. The number of nitrogens with zero attached hydrogens (tertiary/aromatic N) is 1. The first-order valence-electron chi connectivity index (χ1n) is 5.97. The summed E-state index contributed by atoms with van der Waals surface area (Å²) in [5, 5.41) is 9.56. The van der Waals surface area contributed by atoms with Crippen molar-refractivity contribution in [2.45, 2.75) is 25.5 Å². The number of hydrogen-bond acceptors (Lipinski definition) is 3. The molecule has 0 bridgehead atoms.